The molecule has 0 saturated carbocycles. The third-order valence-electron chi connectivity index (χ3n) is 4.97. The lowest BCUT2D eigenvalue weighted by Crippen LogP contribution is -2.41. The van der Waals surface area contributed by atoms with E-state index in [1.54, 1.807) is 32.0 Å². The van der Waals surface area contributed by atoms with Gasteiger partial charge in [-0.1, -0.05) is 18.2 Å². The predicted octanol–water partition coefficient (Wildman–Crippen LogP) is 4.07. The maximum absolute atomic E-state index is 13.3. The summed E-state index contributed by atoms with van der Waals surface area (Å²) in [6, 6.07) is 9.70. The molecule has 0 fully saturated rings. The SMILES string of the molecule is Cc1cccc(C)c1N1C(=O)c2cc([N+](=O)[O-])cc3cc([N+](=O)[O-])cc(c23)C1=O. The topological polar surface area (TPSA) is 124 Å². The van der Waals surface area contributed by atoms with Crippen molar-refractivity contribution in [2.75, 3.05) is 4.90 Å². The van der Waals surface area contributed by atoms with Crippen molar-refractivity contribution in [1.29, 1.82) is 0 Å². The molecule has 0 aromatic heterocycles. The van der Waals surface area contributed by atoms with Gasteiger partial charge in [0.15, 0.2) is 0 Å². The molecule has 29 heavy (non-hydrogen) atoms. The van der Waals surface area contributed by atoms with E-state index < -0.39 is 21.7 Å². The van der Waals surface area contributed by atoms with Crippen molar-refractivity contribution in [3.63, 3.8) is 0 Å². The third kappa shape index (κ3) is 2.63. The van der Waals surface area contributed by atoms with Crippen molar-refractivity contribution < 1.29 is 19.4 Å². The fraction of sp³-hybridized carbons (Fsp3) is 0.100. The number of nitro groups is 2. The number of anilines is 1. The van der Waals surface area contributed by atoms with E-state index in [1.807, 2.05) is 0 Å². The molecule has 2 amide bonds. The van der Waals surface area contributed by atoms with E-state index in [0.717, 1.165) is 29.2 Å². The van der Waals surface area contributed by atoms with E-state index >= 15 is 0 Å². The Kier molecular flexibility index (Phi) is 3.90. The molecule has 0 unspecified atom stereocenters. The van der Waals surface area contributed by atoms with E-state index in [2.05, 4.69) is 0 Å². The lowest BCUT2D eigenvalue weighted by molar-refractivity contribution is -0.385. The molecule has 0 saturated heterocycles. The normalized spacial score (nSPS) is 13.1. The predicted molar refractivity (Wildman–Crippen MR) is 104 cm³/mol. The molecule has 4 rings (SSSR count). The molecular formula is C20H13N3O6. The van der Waals surface area contributed by atoms with Crippen molar-refractivity contribution >= 4 is 39.6 Å². The maximum atomic E-state index is 13.3. The molecule has 0 radical (unpaired) electrons. The zero-order valence-electron chi connectivity index (χ0n) is 15.3. The number of amides is 2. The molecule has 1 aliphatic rings. The number of nitrogens with zero attached hydrogens (tertiary/aromatic N) is 3. The van der Waals surface area contributed by atoms with Gasteiger partial charge in [-0.25, -0.2) is 4.90 Å². The molecule has 3 aromatic carbocycles. The smallest absolute Gasteiger partial charge is 0.268 e. The van der Waals surface area contributed by atoms with E-state index in [0.29, 0.717) is 16.8 Å². The van der Waals surface area contributed by atoms with Crippen LogP contribution in [0, 0.1) is 34.1 Å². The van der Waals surface area contributed by atoms with Crippen molar-refractivity contribution in [2.45, 2.75) is 13.8 Å². The first-order chi connectivity index (χ1) is 13.7. The zero-order chi connectivity index (χ0) is 21.0. The highest BCUT2D eigenvalue weighted by Crippen LogP contribution is 2.39. The Hall–Kier alpha value is -4.14. The number of hydrogen-bond donors (Lipinski definition) is 0. The Bertz CT molecular complexity index is 1190. The summed E-state index contributed by atoms with van der Waals surface area (Å²) < 4.78 is 0. The number of benzene rings is 3. The number of hydrogen-bond acceptors (Lipinski definition) is 6. The average Bonchev–Trinajstić information content (AvgIpc) is 2.67. The summed E-state index contributed by atoms with van der Waals surface area (Å²) in [5, 5.41) is 23.0. The van der Waals surface area contributed by atoms with Gasteiger partial charge in [0.2, 0.25) is 0 Å². The van der Waals surface area contributed by atoms with Crippen LogP contribution in [0.3, 0.4) is 0 Å². The van der Waals surface area contributed by atoms with Gasteiger partial charge >= 0.3 is 0 Å². The van der Waals surface area contributed by atoms with Gasteiger partial charge < -0.3 is 0 Å². The van der Waals surface area contributed by atoms with Gasteiger partial charge in [0.05, 0.1) is 26.7 Å². The molecule has 144 valence electrons. The van der Waals surface area contributed by atoms with Crippen molar-refractivity contribution in [3.05, 3.63) is 84.9 Å². The largest absolute Gasteiger partial charge is 0.270 e. The quantitative estimate of drug-likeness (QED) is 0.376. The lowest BCUT2D eigenvalue weighted by atomic mass is 9.91. The summed E-state index contributed by atoms with van der Waals surface area (Å²) in [6.07, 6.45) is 0. The first kappa shape index (κ1) is 18.2. The van der Waals surface area contributed by atoms with Crippen LogP contribution in [0.1, 0.15) is 31.8 Å². The molecule has 3 aromatic rings. The number of para-hydroxylation sites is 1. The molecule has 0 N–H and O–H groups in total. The van der Waals surface area contributed by atoms with Gasteiger partial charge in [0.1, 0.15) is 0 Å². The van der Waals surface area contributed by atoms with Crippen LogP contribution >= 0.6 is 0 Å². The Morgan fingerprint density at radius 1 is 0.793 bits per heavy atom. The highest BCUT2D eigenvalue weighted by atomic mass is 16.6. The second-order valence-electron chi connectivity index (χ2n) is 6.79. The standard InChI is InChI=1S/C20H13N3O6/c1-10-4-3-5-11(2)18(10)21-19(24)15-8-13(22(26)27)6-12-7-14(23(28)29)9-16(17(12)15)20(21)25/h3-9H,1-2H3. The van der Waals surface area contributed by atoms with Gasteiger partial charge in [0.25, 0.3) is 23.2 Å². The molecule has 0 bridgehead atoms. The minimum absolute atomic E-state index is 0.0404. The molecule has 1 aliphatic heterocycles. The van der Waals surface area contributed by atoms with Crippen LogP contribution in [0.5, 0.6) is 0 Å². The van der Waals surface area contributed by atoms with Gasteiger partial charge in [-0.15, -0.1) is 0 Å². The Morgan fingerprint density at radius 2 is 1.24 bits per heavy atom. The summed E-state index contributed by atoms with van der Waals surface area (Å²) >= 11 is 0. The fourth-order valence-corrected chi connectivity index (χ4v) is 3.73. The van der Waals surface area contributed by atoms with Crippen LogP contribution in [-0.4, -0.2) is 21.7 Å². The number of nitro benzene ring substituents is 2. The summed E-state index contributed by atoms with van der Waals surface area (Å²) in [5.41, 5.74) is 0.817. The zero-order valence-corrected chi connectivity index (χ0v) is 15.3. The number of imide groups is 1. The number of carbonyl (C=O) groups excluding carboxylic acids is 2. The number of rotatable bonds is 3. The van der Waals surface area contributed by atoms with Crippen LogP contribution in [0.25, 0.3) is 10.8 Å². The maximum Gasteiger partial charge on any atom is 0.270 e. The van der Waals surface area contributed by atoms with E-state index in [4.69, 9.17) is 0 Å². The average molecular weight is 391 g/mol. The van der Waals surface area contributed by atoms with Crippen LogP contribution in [0.15, 0.2) is 42.5 Å². The van der Waals surface area contributed by atoms with Gasteiger partial charge in [-0.05, 0) is 30.4 Å². The summed E-state index contributed by atoms with van der Waals surface area (Å²) in [7, 11) is 0. The second kappa shape index (κ2) is 6.20. The van der Waals surface area contributed by atoms with Gasteiger partial charge in [0, 0.05) is 29.7 Å². The van der Waals surface area contributed by atoms with Crippen molar-refractivity contribution in [1.82, 2.24) is 0 Å². The van der Waals surface area contributed by atoms with Gasteiger partial charge in [-0.3, -0.25) is 29.8 Å². The molecular weight excluding hydrogens is 378 g/mol. The molecule has 1 heterocycles. The van der Waals surface area contributed by atoms with Crippen molar-refractivity contribution in [2.24, 2.45) is 0 Å². The summed E-state index contributed by atoms with van der Waals surface area (Å²) in [5.74, 6) is -1.41. The minimum Gasteiger partial charge on any atom is -0.268 e. The van der Waals surface area contributed by atoms with Crippen LogP contribution in [0.4, 0.5) is 17.1 Å². The fourth-order valence-electron chi connectivity index (χ4n) is 3.73. The molecule has 0 atom stereocenters. The Morgan fingerprint density at radius 3 is 1.66 bits per heavy atom. The highest BCUT2D eigenvalue weighted by Gasteiger charge is 2.38. The summed E-state index contributed by atoms with van der Waals surface area (Å²) in [4.78, 5) is 48.8. The lowest BCUT2D eigenvalue weighted by Gasteiger charge is -2.29. The van der Waals surface area contributed by atoms with E-state index in [9.17, 15) is 29.8 Å². The Balaban J connectivity index is 2.10. The molecule has 0 aliphatic carbocycles. The van der Waals surface area contributed by atoms with Crippen LogP contribution in [0.2, 0.25) is 0 Å². The third-order valence-corrected chi connectivity index (χ3v) is 4.97. The van der Waals surface area contributed by atoms with Crippen molar-refractivity contribution in [3.8, 4) is 0 Å². The second-order valence-corrected chi connectivity index (χ2v) is 6.79. The van der Waals surface area contributed by atoms with Crippen LogP contribution < -0.4 is 4.90 Å². The highest BCUT2D eigenvalue weighted by molar-refractivity contribution is 6.36. The van der Waals surface area contributed by atoms with E-state index in [1.165, 1.54) is 0 Å². The number of non-ortho nitro benzene ring substituents is 2. The molecule has 9 heteroatoms. The van der Waals surface area contributed by atoms with Crippen LogP contribution in [-0.2, 0) is 0 Å². The molecule has 0 spiro atoms. The molecule has 9 nitrogen and oxygen atoms in total. The first-order valence-corrected chi connectivity index (χ1v) is 8.56. The number of carbonyl (C=O) groups is 2. The number of aryl methyl sites for hydroxylation is 2. The van der Waals surface area contributed by atoms with Gasteiger partial charge in [-0.2, -0.15) is 0 Å². The summed E-state index contributed by atoms with van der Waals surface area (Å²) in [6.45, 7) is 3.46. The monoisotopic (exact) mass is 391 g/mol. The Labute approximate surface area is 163 Å². The van der Waals surface area contributed by atoms with E-state index in [-0.39, 0.29) is 33.3 Å². The minimum atomic E-state index is -0.706. The first-order valence-electron chi connectivity index (χ1n) is 8.56.